The van der Waals surface area contributed by atoms with Gasteiger partial charge in [-0.2, -0.15) is 0 Å². The van der Waals surface area contributed by atoms with Crippen molar-refractivity contribution in [3.63, 3.8) is 0 Å². The lowest BCUT2D eigenvalue weighted by molar-refractivity contribution is -0.384. The summed E-state index contributed by atoms with van der Waals surface area (Å²) in [7, 11) is 0. The summed E-state index contributed by atoms with van der Waals surface area (Å²) in [5, 5.41) is 13.5. The fourth-order valence-corrected chi connectivity index (χ4v) is 3.07. The third-order valence-corrected chi connectivity index (χ3v) is 4.57. The molecule has 1 aromatic heterocycles. The molecule has 2 aromatic rings. The van der Waals surface area contributed by atoms with E-state index >= 15 is 0 Å². The summed E-state index contributed by atoms with van der Waals surface area (Å²) in [5.74, 6) is -0.133. The lowest BCUT2D eigenvalue weighted by Crippen LogP contribution is -2.46. The lowest BCUT2D eigenvalue weighted by Gasteiger charge is -2.34. The fourth-order valence-electron chi connectivity index (χ4n) is 3.07. The van der Waals surface area contributed by atoms with Gasteiger partial charge in [0.15, 0.2) is 0 Å². The van der Waals surface area contributed by atoms with Crippen molar-refractivity contribution in [2.75, 3.05) is 38.0 Å². The van der Waals surface area contributed by atoms with Gasteiger partial charge in [0.25, 0.3) is 5.69 Å². The van der Waals surface area contributed by atoms with E-state index in [9.17, 15) is 14.9 Å². The number of pyridine rings is 1. The summed E-state index contributed by atoms with van der Waals surface area (Å²) in [6.07, 6.45) is 2.18. The van der Waals surface area contributed by atoms with E-state index in [1.165, 1.54) is 12.1 Å². The highest BCUT2D eigenvalue weighted by Crippen LogP contribution is 2.17. The molecule has 0 unspecified atom stereocenters. The molecule has 1 saturated heterocycles. The molecule has 3 rings (SSSR count). The molecule has 0 radical (unpaired) electrons. The zero-order chi connectivity index (χ0) is 19.1. The van der Waals surface area contributed by atoms with Crippen molar-refractivity contribution in [1.82, 2.24) is 14.8 Å². The Labute approximate surface area is 158 Å². The van der Waals surface area contributed by atoms with E-state index in [0.29, 0.717) is 18.7 Å². The van der Waals surface area contributed by atoms with Gasteiger partial charge in [0.2, 0.25) is 5.91 Å². The fraction of sp³-hybridized carbons (Fsp3) is 0.368. The minimum atomic E-state index is -0.472. The number of non-ortho nitro benzene ring substituents is 1. The Morgan fingerprint density at radius 1 is 1.11 bits per heavy atom. The first-order valence-corrected chi connectivity index (χ1v) is 8.99. The quantitative estimate of drug-likeness (QED) is 0.594. The Hall–Kier alpha value is -2.84. The summed E-state index contributed by atoms with van der Waals surface area (Å²) >= 11 is 0. The van der Waals surface area contributed by atoms with Crippen molar-refractivity contribution in [3.05, 3.63) is 64.5 Å². The van der Waals surface area contributed by atoms with Crippen molar-refractivity contribution in [2.24, 2.45) is 0 Å². The number of nitrogens with zero attached hydrogens (tertiary/aromatic N) is 4. The summed E-state index contributed by atoms with van der Waals surface area (Å²) < 4.78 is 0. The number of nitro benzene ring substituents is 1. The zero-order valence-corrected chi connectivity index (χ0v) is 15.1. The average Bonchev–Trinajstić information content (AvgIpc) is 2.68. The van der Waals surface area contributed by atoms with Crippen LogP contribution in [0.25, 0.3) is 0 Å². The summed E-state index contributed by atoms with van der Waals surface area (Å²) in [5.41, 5.74) is 1.49. The number of aromatic nitrogens is 1. The van der Waals surface area contributed by atoms with Gasteiger partial charge in [0.1, 0.15) is 0 Å². The predicted molar refractivity (Wildman–Crippen MR) is 102 cm³/mol. The van der Waals surface area contributed by atoms with Crippen molar-refractivity contribution in [3.8, 4) is 0 Å². The van der Waals surface area contributed by atoms with E-state index in [4.69, 9.17) is 0 Å². The van der Waals surface area contributed by atoms with E-state index < -0.39 is 4.92 Å². The second-order valence-corrected chi connectivity index (χ2v) is 6.54. The Morgan fingerprint density at radius 2 is 1.89 bits per heavy atom. The van der Waals surface area contributed by atoms with Gasteiger partial charge < -0.3 is 10.2 Å². The van der Waals surface area contributed by atoms with Crippen LogP contribution in [-0.4, -0.2) is 58.3 Å². The van der Waals surface area contributed by atoms with Crippen LogP contribution >= 0.6 is 0 Å². The summed E-state index contributed by atoms with van der Waals surface area (Å²) in [6.45, 7) is 5.25. The van der Waals surface area contributed by atoms with Crippen LogP contribution in [0.15, 0.2) is 48.7 Å². The number of carbonyl (C=O) groups excluding carboxylic acids is 1. The molecule has 1 aliphatic rings. The van der Waals surface area contributed by atoms with Crippen LogP contribution in [0.4, 0.5) is 11.4 Å². The predicted octanol–water partition coefficient (Wildman–Crippen LogP) is 2.14. The molecule has 0 atom stereocenters. The van der Waals surface area contributed by atoms with E-state index in [-0.39, 0.29) is 11.6 Å². The van der Waals surface area contributed by atoms with Gasteiger partial charge in [0.05, 0.1) is 10.6 Å². The molecule has 1 N–H and O–H groups in total. The molecule has 8 heteroatoms. The Balaban J connectivity index is 1.39. The van der Waals surface area contributed by atoms with Crippen LogP contribution < -0.4 is 5.32 Å². The molecule has 0 aliphatic carbocycles. The van der Waals surface area contributed by atoms with Gasteiger partial charge >= 0.3 is 0 Å². The van der Waals surface area contributed by atoms with Crippen LogP contribution in [0.3, 0.4) is 0 Å². The first-order chi connectivity index (χ1) is 13.1. The molecule has 0 saturated carbocycles. The zero-order valence-electron chi connectivity index (χ0n) is 15.1. The maximum atomic E-state index is 12.1. The number of rotatable bonds is 7. The van der Waals surface area contributed by atoms with E-state index in [1.807, 2.05) is 24.4 Å². The van der Waals surface area contributed by atoms with Gasteiger partial charge in [-0.1, -0.05) is 12.1 Å². The van der Waals surface area contributed by atoms with Gasteiger partial charge in [-0.15, -0.1) is 0 Å². The molecular weight excluding hydrogens is 346 g/mol. The second-order valence-electron chi connectivity index (χ2n) is 6.54. The Kier molecular flexibility index (Phi) is 6.45. The standard InChI is InChI=1S/C19H23N5O3/c25-19(21-16-5-3-6-18(14-16)24(26)27)7-9-22-10-12-23(13-11-22)15-17-4-1-2-8-20-17/h1-6,8,14H,7,9-13,15H2,(H,21,25). The topological polar surface area (TPSA) is 91.6 Å². The molecule has 2 heterocycles. The maximum Gasteiger partial charge on any atom is 0.271 e. The third-order valence-electron chi connectivity index (χ3n) is 4.57. The van der Waals surface area contributed by atoms with Crippen LogP contribution in [0, 0.1) is 10.1 Å². The number of nitro groups is 1. The average molecular weight is 369 g/mol. The molecule has 1 fully saturated rings. The molecule has 142 valence electrons. The minimum Gasteiger partial charge on any atom is -0.326 e. The number of anilines is 1. The van der Waals surface area contributed by atoms with Crippen LogP contribution in [-0.2, 0) is 11.3 Å². The monoisotopic (exact) mass is 369 g/mol. The second kappa shape index (κ2) is 9.20. The van der Waals surface area contributed by atoms with Crippen molar-refractivity contribution in [1.29, 1.82) is 0 Å². The molecular formula is C19H23N5O3. The lowest BCUT2D eigenvalue weighted by atomic mass is 10.2. The number of benzene rings is 1. The molecule has 1 amide bonds. The molecule has 0 spiro atoms. The minimum absolute atomic E-state index is 0.0307. The highest BCUT2D eigenvalue weighted by molar-refractivity contribution is 5.91. The summed E-state index contributed by atoms with van der Waals surface area (Å²) in [4.78, 5) is 31.4. The number of piperazine rings is 1. The largest absolute Gasteiger partial charge is 0.326 e. The van der Waals surface area contributed by atoms with Gasteiger partial charge in [-0.05, 0) is 18.2 Å². The number of nitrogens with one attached hydrogen (secondary N) is 1. The van der Waals surface area contributed by atoms with Crippen LogP contribution in [0.5, 0.6) is 0 Å². The first-order valence-electron chi connectivity index (χ1n) is 8.99. The summed E-state index contributed by atoms with van der Waals surface area (Å²) in [6, 6.07) is 11.9. The number of carbonyl (C=O) groups is 1. The smallest absolute Gasteiger partial charge is 0.271 e. The molecule has 1 aromatic carbocycles. The Bertz CT molecular complexity index is 776. The number of amides is 1. The van der Waals surface area contributed by atoms with Crippen molar-refractivity contribution < 1.29 is 9.72 Å². The van der Waals surface area contributed by atoms with E-state index in [0.717, 1.165) is 38.4 Å². The normalized spacial score (nSPS) is 15.4. The molecule has 1 aliphatic heterocycles. The van der Waals surface area contributed by atoms with Crippen molar-refractivity contribution in [2.45, 2.75) is 13.0 Å². The van der Waals surface area contributed by atoms with Crippen LogP contribution in [0.2, 0.25) is 0 Å². The third kappa shape index (κ3) is 5.83. The maximum absolute atomic E-state index is 12.1. The molecule has 27 heavy (non-hydrogen) atoms. The molecule has 8 nitrogen and oxygen atoms in total. The highest BCUT2D eigenvalue weighted by Gasteiger charge is 2.18. The van der Waals surface area contributed by atoms with E-state index in [2.05, 4.69) is 20.1 Å². The number of hydrogen-bond donors (Lipinski definition) is 1. The van der Waals surface area contributed by atoms with Gasteiger partial charge in [-0.3, -0.25) is 24.8 Å². The van der Waals surface area contributed by atoms with Gasteiger partial charge in [0, 0.05) is 69.7 Å². The SMILES string of the molecule is O=C(CCN1CCN(Cc2ccccn2)CC1)Nc1cccc([N+](=O)[O-])c1. The Morgan fingerprint density at radius 3 is 2.59 bits per heavy atom. The van der Waals surface area contributed by atoms with Gasteiger partial charge in [-0.25, -0.2) is 0 Å². The first kappa shape index (κ1) is 18.9. The van der Waals surface area contributed by atoms with E-state index in [1.54, 1.807) is 12.1 Å². The van der Waals surface area contributed by atoms with Crippen LogP contribution in [0.1, 0.15) is 12.1 Å². The number of hydrogen-bond acceptors (Lipinski definition) is 6. The van der Waals surface area contributed by atoms with Crippen molar-refractivity contribution >= 4 is 17.3 Å². The highest BCUT2D eigenvalue weighted by atomic mass is 16.6. The molecule has 0 bridgehead atoms.